The van der Waals surface area contributed by atoms with Crippen molar-refractivity contribution in [2.24, 2.45) is 10.8 Å². The summed E-state index contributed by atoms with van der Waals surface area (Å²) in [6.45, 7) is -0.177. The predicted molar refractivity (Wildman–Crippen MR) is 149 cm³/mol. The summed E-state index contributed by atoms with van der Waals surface area (Å²) < 4.78 is 81.7. The third-order valence-electron chi connectivity index (χ3n) is 9.05. The Bertz CT molecular complexity index is 1680. The van der Waals surface area contributed by atoms with Gasteiger partial charge in [-0.05, 0) is 91.8 Å². The second-order valence-corrected chi connectivity index (χ2v) is 13.7. The summed E-state index contributed by atoms with van der Waals surface area (Å²) in [5, 5.41) is 10.3. The summed E-state index contributed by atoms with van der Waals surface area (Å²) in [6, 6.07) is 13.7. The smallest absolute Gasteiger partial charge is 0.416 e. The zero-order valence-corrected chi connectivity index (χ0v) is 24.0. The monoisotopic (exact) mass is 621 g/mol. The number of benzene rings is 3. The first-order valence-corrected chi connectivity index (χ1v) is 15.2. The number of alkyl halides is 3. The number of carbonyl (C=O) groups is 1. The van der Waals surface area contributed by atoms with Crippen molar-refractivity contribution in [2.75, 3.05) is 18.0 Å². The van der Waals surface area contributed by atoms with Crippen molar-refractivity contribution in [1.82, 2.24) is 0 Å². The van der Waals surface area contributed by atoms with Gasteiger partial charge in [-0.25, -0.2) is 8.42 Å². The zero-order valence-electron chi connectivity index (χ0n) is 22.4. The van der Waals surface area contributed by atoms with E-state index in [4.69, 9.17) is 21.1 Å². The van der Waals surface area contributed by atoms with Crippen LogP contribution in [0.3, 0.4) is 0 Å². The highest BCUT2D eigenvalue weighted by atomic mass is 35.5. The minimum atomic E-state index is -4.73. The van der Waals surface area contributed by atoms with Crippen LogP contribution in [-0.2, 0) is 21.0 Å². The Morgan fingerprint density at radius 2 is 1.79 bits per heavy atom. The van der Waals surface area contributed by atoms with E-state index in [2.05, 4.69) is 0 Å². The molecule has 1 N–H and O–H groups in total. The predicted octanol–water partition coefficient (Wildman–Crippen LogP) is 7.03. The van der Waals surface area contributed by atoms with Crippen LogP contribution in [0.4, 0.5) is 18.9 Å². The topological polar surface area (TPSA) is 93.1 Å². The number of rotatable bonds is 6. The van der Waals surface area contributed by atoms with Gasteiger partial charge in [0, 0.05) is 10.4 Å². The summed E-state index contributed by atoms with van der Waals surface area (Å²) in [4.78, 5) is 11.6. The maximum atomic E-state index is 14.1. The van der Waals surface area contributed by atoms with Gasteiger partial charge in [0.2, 0.25) is 0 Å². The van der Waals surface area contributed by atoms with Crippen molar-refractivity contribution in [3.8, 4) is 22.6 Å². The number of carboxylic acid groups (broad SMARTS) is 1. The van der Waals surface area contributed by atoms with Gasteiger partial charge in [0.1, 0.15) is 17.6 Å². The third-order valence-corrected chi connectivity index (χ3v) is 11.0. The van der Waals surface area contributed by atoms with Gasteiger partial charge in [-0.1, -0.05) is 23.7 Å². The molecule has 222 valence electrons. The summed E-state index contributed by atoms with van der Waals surface area (Å²) in [6.07, 6.45) is -3.04. The lowest BCUT2D eigenvalue weighted by Crippen LogP contribution is -2.50. The van der Waals surface area contributed by atoms with E-state index in [9.17, 15) is 31.5 Å². The number of aliphatic carboxylic acids is 1. The van der Waals surface area contributed by atoms with Crippen LogP contribution in [0.25, 0.3) is 11.1 Å². The molecule has 3 aromatic rings. The Labute approximate surface area is 245 Å². The third kappa shape index (κ3) is 4.66. The normalized spacial score (nSPS) is 25.2. The molecule has 1 heterocycles. The van der Waals surface area contributed by atoms with Crippen molar-refractivity contribution < 1.29 is 41.0 Å². The molecule has 0 unspecified atom stereocenters. The van der Waals surface area contributed by atoms with E-state index in [-0.39, 0.29) is 18.0 Å². The first kappa shape index (κ1) is 28.7. The molecule has 1 aliphatic heterocycles. The fourth-order valence-corrected chi connectivity index (χ4v) is 8.50. The fourth-order valence-electron chi connectivity index (χ4n) is 6.76. The quantitative estimate of drug-likeness (QED) is 0.318. The van der Waals surface area contributed by atoms with Crippen LogP contribution < -0.4 is 13.8 Å². The number of ether oxygens (including phenoxy) is 2. The number of hydrogen-bond acceptors (Lipinski definition) is 5. The minimum Gasteiger partial charge on any atom is -0.497 e. The molecule has 0 aromatic heterocycles. The van der Waals surface area contributed by atoms with Crippen molar-refractivity contribution in [2.45, 2.75) is 49.3 Å². The van der Waals surface area contributed by atoms with Gasteiger partial charge in [-0.2, -0.15) is 13.2 Å². The molecule has 1 atom stereocenters. The van der Waals surface area contributed by atoms with Gasteiger partial charge in [-0.3, -0.25) is 9.10 Å². The van der Waals surface area contributed by atoms with Crippen LogP contribution in [0.2, 0.25) is 5.02 Å². The molecule has 3 aliphatic rings. The Kier molecular flexibility index (Phi) is 6.69. The molecule has 2 aliphatic carbocycles. The highest BCUT2D eigenvalue weighted by Crippen LogP contribution is 2.64. The number of nitrogens with zero attached hydrogens (tertiary/aromatic N) is 1. The first-order chi connectivity index (χ1) is 19.8. The Balaban J connectivity index is 1.47. The SMILES string of the molecule is COc1cc(Cl)cc(-c2ccc3c(c2)N(S(=O)(=O)c2cccc(C(F)(F)F)c2)C[C@H](C24CCC(C(=O)O)(CC2)C4)O3)c1. The molecule has 0 radical (unpaired) electrons. The van der Waals surface area contributed by atoms with Crippen LogP contribution in [0, 0.1) is 10.8 Å². The van der Waals surface area contributed by atoms with E-state index >= 15 is 0 Å². The Morgan fingerprint density at radius 3 is 2.43 bits per heavy atom. The van der Waals surface area contributed by atoms with E-state index in [0.29, 0.717) is 60.1 Å². The first-order valence-electron chi connectivity index (χ1n) is 13.4. The minimum absolute atomic E-state index is 0.164. The van der Waals surface area contributed by atoms with E-state index in [1.165, 1.54) is 7.11 Å². The molecule has 42 heavy (non-hydrogen) atoms. The van der Waals surface area contributed by atoms with Crippen molar-refractivity contribution in [3.05, 3.63) is 71.2 Å². The van der Waals surface area contributed by atoms with E-state index in [1.807, 2.05) is 0 Å². The van der Waals surface area contributed by atoms with Gasteiger partial charge in [0.15, 0.2) is 0 Å². The standard InChI is InChI=1S/C30H27ClF3NO6S/c1-40-22-12-19(11-21(31)15-22)18-5-6-25-24(13-18)35(42(38,39)23-4-2-3-20(14-23)30(32,33)34)16-26(41-25)28-7-9-29(17-28,10-8-28)27(36)37/h2-6,11-15,26H,7-10,16-17H2,1H3,(H,36,37)/t26-,28?,29?/m1/s1. The molecule has 0 amide bonds. The number of anilines is 1. The summed E-state index contributed by atoms with van der Waals surface area (Å²) in [5.74, 6) is -0.134. The van der Waals surface area contributed by atoms with Gasteiger partial charge < -0.3 is 14.6 Å². The number of hydrogen-bond donors (Lipinski definition) is 1. The van der Waals surface area contributed by atoms with Crippen molar-refractivity contribution in [1.29, 1.82) is 0 Å². The summed E-state index contributed by atoms with van der Waals surface area (Å²) >= 11 is 6.27. The van der Waals surface area contributed by atoms with Gasteiger partial charge in [0.05, 0.1) is 35.2 Å². The van der Waals surface area contributed by atoms with Crippen LogP contribution in [0.1, 0.15) is 37.7 Å². The number of halogens is 4. The van der Waals surface area contributed by atoms with Crippen LogP contribution in [0.5, 0.6) is 11.5 Å². The van der Waals surface area contributed by atoms with Crippen molar-refractivity contribution in [3.63, 3.8) is 0 Å². The maximum absolute atomic E-state index is 14.1. The molecule has 0 spiro atoms. The average molecular weight is 622 g/mol. The lowest BCUT2D eigenvalue weighted by atomic mass is 9.78. The molecule has 2 fully saturated rings. The molecular formula is C30H27ClF3NO6S. The lowest BCUT2D eigenvalue weighted by molar-refractivity contribution is -0.148. The largest absolute Gasteiger partial charge is 0.497 e. The maximum Gasteiger partial charge on any atom is 0.416 e. The van der Waals surface area contributed by atoms with E-state index in [1.54, 1.807) is 36.4 Å². The van der Waals surface area contributed by atoms with E-state index in [0.717, 1.165) is 22.5 Å². The number of carboxylic acids is 1. The van der Waals surface area contributed by atoms with E-state index < -0.39 is 49.6 Å². The molecule has 2 bridgehead atoms. The van der Waals surface area contributed by atoms with Gasteiger partial charge in [-0.15, -0.1) is 0 Å². The Hall–Kier alpha value is -3.44. The van der Waals surface area contributed by atoms with Crippen LogP contribution in [-0.4, -0.2) is 39.3 Å². The fraction of sp³-hybridized carbons (Fsp3) is 0.367. The Morgan fingerprint density at radius 1 is 1.05 bits per heavy atom. The lowest BCUT2D eigenvalue weighted by Gasteiger charge is -2.43. The molecule has 6 rings (SSSR count). The highest BCUT2D eigenvalue weighted by molar-refractivity contribution is 7.92. The number of sulfonamides is 1. The van der Waals surface area contributed by atoms with Crippen LogP contribution in [0.15, 0.2) is 65.6 Å². The molecular weight excluding hydrogens is 595 g/mol. The second kappa shape index (κ2) is 9.80. The van der Waals surface area contributed by atoms with Crippen LogP contribution >= 0.6 is 11.6 Å². The highest BCUT2D eigenvalue weighted by Gasteiger charge is 2.62. The van der Waals surface area contributed by atoms with Crippen molar-refractivity contribution >= 4 is 33.3 Å². The molecule has 0 saturated heterocycles. The molecule has 12 heteroatoms. The molecule has 2 saturated carbocycles. The number of fused-ring (bicyclic) bond motifs is 3. The average Bonchev–Trinajstić information content (AvgIpc) is 3.55. The zero-order chi connectivity index (χ0) is 30.1. The summed E-state index contributed by atoms with van der Waals surface area (Å²) in [5.41, 5.74) is -1.13. The second-order valence-electron chi connectivity index (χ2n) is 11.4. The molecule has 7 nitrogen and oxygen atoms in total. The van der Waals surface area contributed by atoms with Gasteiger partial charge >= 0.3 is 12.1 Å². The number of methoxy groups -OCH3 is 1. The summed E-state index contributed by atoms with van der Waals surface area (Å²) in [7, 11) is -3.02. The molecule has 3 aromatic carbocycles. The van der Waals surface area contributed by atoms with Gasteiger partial charge in [0.25, 0.3) is 10.0 Å².